The van der Waals surface area contributed by atoms with E-state index in [1.165, 1.54) is 28.3 Å². The summed E-state index contributed by atoms with van der Waals surface area (Å²) in [6.07, 6.45) is 1.49. The number of aromatic nitrogens is 1. The number of hydrazone groups is 1. The third-order valence-electron chi connectivity index (χ3n) is 4.10. The van der Waals surface area contributed by atoms with E-state index in [-0.39, 0.29) is 5.56 Å². The van der Waals surface area contributed by atoms with E-state index in [1.54, 1.807) is 24.3 Å². The number of fused-ring (bicyclic) bond motifs is 1. The average Bonchev–Trinajstić information content (AvgIpc) is 3.17. The number of thiazole rings is 1. The van der Waals surface area contributed by atoms with E-state index in [1.807, 2.05) is 23.6 Å². The Hall–Kier alpha value is -3.51. The van der Waals surface area contributed by atoms with Gasteiger partial charge < -0.3 is 5.11 Å². The SMILES string of the molecule is O=C(O)c1ccccc1/C=N/Nc1nc(-c2ccc3ccccc3c2)cs1. The fourth-order valence-electron chi connectivity index (χ4n) is 2.77. The molecule has 1 aromatic heterocycles. The van der Waals surface area contributed by atoms with Gasteiger partial charge in [-0.3, -0.25) is 5.43 Å². The molecule has 2 N–H and O–H groups in total. The Morgan fingerprint density at radius 3 is 2.67 bits per heavy atom. The van der Waals surface area contributed by atoms with Crippen LogP contribution in [0.1, 0.15) is 15.9 Å². The molecule has 0 aliphatic heterocycles. The fourth-order valence-corrected chi connectivity index (χ4v) is 3.44. The lowest BCUT2D eigenvalue weighted by atomic mass is 10.1. The van der Waals surface area contributed by atoms with Crippen LogP contribution in [0.2, 0.25) is 0 Å². The normalized spacial score (nSPS) is 11.1. The van der Waals surface area contributed by atoms with Gasteiger partial charge in [0.15, 0.2) is 0 Å². The number of hydrogen-bond donors (Lipinski definition) is 2. The second-order valence-electron chi connectivity index (χ2n) is 5.86. The molecule has 0 unspecified atom stereocenters. The van der Waals surface area contributed by atoms with Gasteiger partial charge in [-0.25, -0.2) is 9.78 Å². The number of aromatic carboxylic acids is 1. The van der Waals surface area contributed by atoms with E-state index < -0.39 is 5.97 Å². The molecule has 132 valence electrons. The van der Waals surface area contributed by atoms with Gasteiger partial charge >= 0.3 is 5.97 Å². The highest BCUT2D eigenvalue weighted by Crippen LogP contribution is 2.27. The summed E-state index contributed by atoms with van der Waals surface area (Å²) in [6, 6.07) is 21.1. The third kappa shape index (κ3) is 3.70. The van der Waals surface area contributed by atoms with Crippen LogP contribution in [0, 0.1) is 0 Å². The fraction of sp³-hybridized carbons (Fsp3) is 0. The number of anilines is 1. The summed E-state index contributed by atoms with van der Waals surface area (Å²) in [6.45, 7) is 0. The second-order valence-corrected chi connectivity index (χ2v) is 6.72. The molecule has 0 bridgehead atoms. The molecule has 0 saturated carbocycles. The predicted octanol–water partition coefficient (Wildman–Crippen LogP) is 5.11. The second kappa shape index (κ2) is 7.39. The highest BCUT2D eigenvalue weighted by atomic mass is 32.1. The molecule has 0 spiro atoms. The largest absolute Gasteiger partial charge is 0.478 e. The first kappa shape index (κ1) is 16.9. The summed E-state index contributed by atoms with van der Waals surface area (Å²) >= 11 is 1.44. The van der Waals surface area contributed by atoms with Crippen LogP contribution >= 0.6 is 11.3 Å². The molecule has 0 aliphatic rings. The van der Waals surface area contributed by atoms with Crippen molar-refractivity contribution in [1.82, 2.24) is 4.98 Å². The summed E-state index contributed by atoms with van der Waals surface area (Å²) in [5, 5.41) is 18.3. The Balaban J connectivity index is 1.52. The lowest BCUT2D eigenvalue weighted by Crippen LogP contribution is -2.02. The summed E-state index contributed by atoms with van der Waals surface area (Å²) in [5.41, 5.74) is 5.52. The number of carboxylic acids is 1. The van der Waals surface area contributed by atoms with E-state index in [0.717, 1.165) is 11.3 Å². The number of nitrogens with zero attached hydrogens (tertiary/aromatic N) is 2. The van der Waals surface area contributed by atoms with Crippen molar-refractivity contribution < 1.29 is 9.90 Å². The van der Waals surface area contributed by atoms with Crippen LogP contribution in [-0.4, -0.2) is 22.3 Å². The zero-order chi connectivity index (χ0) is 18.6. The molecule has 0 amide bonds. The van der Waals surface area contributed by atoms with E-state index in [0.29, 0.717) is 10.7 Å². The zero-order valence-electron chi connectivity index (χ0n) is 14.2. The molecule has 0 radical (unpaired) electrons. The minimum Gasteiger partial charge on any atom is -0.478 e. The number of hydrogen-bond acceptors (Lipinski definition) is 5. The van der Waals surface area contributed by atoms with Gasteiger partial charge in [0, 0.05) is 16.5 Å². The molecule has 4 aromatic rings. The number of carbonyl (C=O) groups is 1. The van der Waals surface area contributed by atoms with Gasteiger partial charge in [-0.2, -0.15) is 5.10 Å². The van der Waals surface area contributed by atoms with Crippen molar-refractivity contribution in [3.8, 4) is 11.3 Å². The maximum absolute atomic E-state index is 11.2. The standard InChI is InChI=1S/C21H15N3O2S/c25-20(26)18-8-4-3-7-17(18)12-22-24-21-23-19(13-27-21)16-10-9-14-5-1-2-6-15(14)11-16/h1-13H,(H,23,24)(H,25,26)/b22-12+. The number of carboxylic acid groups (broad SMARTS) is 1. The maximum atomic E-state index is 11.2. The topological polar surface area (TPSA) is 74.6 Å². The number of nitrogens with one attached hydrogen (secondary N) is 1. The Kier molecular flexibility index (Phi) is 4.63. The van der Waals surface area contributed by atoms with Crippen molar-refractivity contribution in [3.05, 3.63) is 83.2 Å². The van der Waals surface area contributed by atoms with Crippen molar-refractivity contribution >= 4 is 39.4 Å². The monoisotopic (exact) mass is 373 g/mol. The quantitative estimate of drug-likeness (QED) is 0.377. The van der Waals surface area contributed by atoms with E-state index in [9.17, 15) is 9.90 Å². The summed E-state index contributed by atoms with van der Waals surface area (Å²) in [5.74, 6) is -0.982. The molecular weight excluding hydrogens is 358 g/mol. The van der Waals surface area contributed by atoms with Gasteiger partial charge in [0.05, 0.1) is 17.5 Å². The van der Waals surface area contributed by atoms with Gasteiger partial charge in [0.2, 0.25) is 5.13 Å². The Morgan fingerprint density at radius 1 is 1.04 bits per heavy atom. The molecule has 0 atom stereocenters. The van der Waals surface area contributed by atoms with Gasteiger partial charge in [-0.1, -0.05) is 54.6 Å². The average molecular weight is 373 g/mol. The molecule has 0 fully saturated rings. The molecule has 3 aromatic carbocycles. The van der Waals surface area contributed by atoms with Crippen LogP contribution in [0.4, 0.5) is 5.13 Å². The van der Waals surface area contributed by atoms with Gasteiger partial charge in [0.1, 0.15) is 0 Å². The van der Waals surface area contributed by atoms with Crippen LogP contribution in [0.15, 0.2) is 77.2 Å². The van der Waals surface area contributed by atoms with Gasteiger partial charge in [0.25, 0.3) is 0 Å². The van der Waals surface area contributed by atoms with E-state index >= 15 is 0 Å². The van der Waals surface area contributed by atoms with Crippen LogP contribution in [0.25, 0.3) is 22.0 Å². The van der Waals surface area contributed by atoms with E-state index in [4.69, 9.17) is 0 Å². The summed E-state index contributed by atoms with van der Waals surface area (Å²) in [4.78, 5) is 15.8. The molecule has 6 heteroatoms. The number of rotatable bonds is 5. The summed E-state index contributed by atoms with van der Waals surface area (Å²) in [7, 11) is 0. The molecule has 5 nitrogen and oxygen atoms in total. The highest BCUT2D eigenvalue weighted by Gasteiger charge is 2.07. The first-order valence-electron chi connectivity index (χ1n) is 8.27. The summed E-state index contributed by atoms with van der Waals surface area (Å²) < 4.78 is 0. The van der Waals surface area contributed by atoms with Crippen molar-refractivity contribution in [2.24, 2.45) is 5.10 Å². The zero-order valence-corrected chi connectivity index (χ0v) is 15.0. The van der Waals surface area contributed by atoms with Crippen LogP contribution < -0.4 is 5.43 Å². The molecule has 27 heavy (non-hydrogen) atoms. The lowest BCUT2D eigenvalue weighted by molar-refractivity contribution is 0.0697. The maximum Gasteiger partial charge on any atom is 0.336 e. The number of benzene rings is 3. The predicted molar refractivity (Wildman–Crippen MR) is 110 cm³/mol. The molecular formula is C21H15N3O2S. The van der Waals surface area contributed by atoms with Crippen molar-refractivity contribution in [1.29, 1.82) is 0 Å². The van der Waals surface area contributed by atoms with Crippen LogP contribution in [0.5, 0.6) is 0 Å². The van der Waals surface area contributed by atoms with Gasteiger partial charge in [-0.15, -0.1) is 11.3 Å². The van der Waals surface area contributed by atoms with Crippen molar-refractivity contribution in [2.75, 3.05) is 5.43 Å². The Labute approximate surface area is 159 Å². The third-order valence-corrected chi connectivity index (χ3v) is 4.85. The smallest absolute Gasteiger partial charge is 0.336 e. The molecule has 0 saturated heterocycles. The molecule has 0 aliphatic carbocycles. The van der Waals surface area contributed by atoms with E-state index in [2.05, 4.69) is 39.8 Å². The molecule has 1 heterocycles. The Morgan fingerprint density at radius 2 is 1.81 bits per heavy atom. The van der Waals surface area contributed by atoms with Crippen LogP contribution in [-0.2, 0) is 0 Å². The first-order valence-corrected chi connectivity index (χ1v) is 9.15. The molecule has 4 rings (SSSR count). The first-order chi connectivity index (χ1) is 13.2. The van der Waals surface area contributed by atoms with Gasteiger partial charge in [-0.05, 0) is 22.9 Å². The minimum atomic E-state index is -0.982. The minimum absolute atomic E-state index is 0.207. The lowest BCUT2D eigenvalue weighted by Gasteiger charge is -2.01. The van der Waals surface area contributed by atoms with Crippen molar-refractivity contribution in [2.45, 2.75) is 0 Å². The van der Waals surface area contributed by atoms with Crippen LogP contribution in [0.3, 0.4) is 0 Å². The van der Waals surface area contributed by atoms with Crippen molar-refractivity contribution in [3.63, 3.8) is 0 Å². The Bertz CT molecular complexity index is 1150. The highest BCUT2D eigenvalue weighted by molar-refractivity contribution is 7.14.